The normalized spacial score (nSPS) is 23.9. The van der Waals surface area contributed by atoms with Gasteiger partial charge >= 0.3 is 0 Å². The molecule has 0 aliphatic carbocycles. The smallest absolute Gasteiger partial charge is 0.246 e. The van der Waals surface area contributed by atoms with Crippen molar-refractivity contribution in [2.45, 2.75) is 51.2 Å². The molecule has 6 nitrogen and oxygen atoms in total. The van der Waals surface area contributed by atoms with Crippen molar-refractivity contribution in [2.75, 3.05) is 32.9 Å². The molecule has 0 saturated carbocycles. The fourth-order valence-electron chi connectivity index (χ4n) is 2.79. The molecule has 1 N–H and O–H groups in total. The van der Waals surface area contributed by atoms with Crippen molar-refractivity contribution >= 4 is 11.8 Å². The number of nitrogens with one attached hydrogen (secondary N) is 1. The molecular weight excluding hydrogens is 272 g/mol. The van der Waals surface area contributed by atoms with E-state index in [1.165, 1.54) is 6.42 Å². The van der Waals surface area contributed by atoms with Crippen LogP contribution in [0, 0.1) is 0 Å². The first-order chi connectivity index (χ1) is 10.2. The first-order valence-corrected chi connectivity index (χ1v) is 7.94. The van der Waals surface area contributed by atoms with Crippen LogP contribution in [0.5, 0.6) is 0 Å². The third-order valence-corrected chi connectivity index (χ3v) is 3.98. The summed E-state index contributed by atoms with van der Waals surface area (Å²) in [5.74, 6) is -0.243. The van der Waals surface area contributed by atoms with Crippen molar-refractivity contribution < 1.29 is 19.1 Å². The maximum absolute atomic E-state index is 12.2. The maximum Gasteiger partial charge on any atom is 0.246 e. The van der Waals surface area contributed by atoms with E-state index in [0.29, 0.717) is 6.61 Å². The average molecular weight is 298 g/mol. The Kier molecular flexibility index (Phi) is 6.45. The van der Waals surface area contributed by atoms with Gasteiger partial charge in [0.1, 0.15) is 12.6 Å². The summed E-state index contributed by atoms with van der Waals surface area (Å²) in [6, 6.07) is -0.484. The van der Waals surface area contributed by atoms with Crippen molar-refractivity contribution in [3.05, 3.63) is 0 Å². The van der Waals surface area contributed by atoms with E-state index in [2.05, 4.69) is 5.32 Å². The third kappa shape index (κ3) is 5.28. The summed E-state index contributed by atoms with van der Waals surface area (Å²) in [6.45, 7) is 4.54. The molecule has 120 valence electrons. The van der Waals surface area contributed by atoms with Gasteiger partial charge in [0.05, 0.1) is 12.7 Å². The second-order valence-corrected chi connectivity index (χ2v) is 5.83. The molecular formula is C15H26N2O4. The van der Waals surface area contributed by atoms with Crippen LogP contribution >= 0.6 is 0 Å². The summed E-state index contributed by atoms with van der Waals surface area (Å²) in [7, 11) is 0. The van der Waals surface area contributed by atoms with Crippen molar-refractivity contribution in [1.29, 1.82) is 0 Å². The number of likely N-dealkylation sites (tertiary alicyclic amines) is 1. The molecule has 1 unspecified atom stereocenters. The number of amides is 2. The molecule has 0 aromatic carbocycles. The Labute approximate surface area is 126 Å². The highest BCUT2D eigenvalue weighted by Crippen LogP contribution is 2.12. The van der Waals surface area contributed by atoms with E-state index in [1.54, 1.807) is 6.92 Å². The molecule has 2 fully saturated rings. The molecule has 2 aliphatic heterocycles. The van der Waals surface area contributed by atoms with Gasteiger partial charge in [-0.2, -0.15) is 0 Å². The second kappa shape index (κ2) is 8.34. The number of rotatable bonds is 6. The molecule has 6 heteroatoms. The van der Waals surface area contributed by atoms with Gasteiger partial charge in [0, 0.05) is 19.7 Å². The first kappa shape index (κ1) is 16.2. The summed E-state index contributed by atoms with van der Waals surface area (Å²) < 4.78 is 10.8. The van der Waals surface area contributed by atoms with E-state index in [1.807, 2.05) is 4.90 Å². The first-order valence-electron chi connectivity index (χ1n) is 7.94. The number of piperidine rings is 1. The van der Waals surface area contributed by atoms with Crippen LogP contribution in [-0.2, 0) is 19.1 Å². The minimum absolute atomic E-state index is 0.00202. The Hall–Kier alpha value is -1.14. The van der Waals surface area contributed by atoms with Crippen molar-refractivity contribution in [2.24, 2.45) is 0 Å². The zero-order chi connectivity index (χ0) is 15.1. The second-order valence-electron chi connectivity index (χ2n) is 5.83. The fourth-order valence-corrected chi connectivity index (χ4v) is 2.79. The highest BCUT2D eigenvalue weighted by atomic mass is 16.5. The zero-order valence-electron chi connectivity index (χ0n) is 12.8. The quantitative estimate of drug-likeness (QED) is 0.784. The Balaban J connectivity index is 1.62. The Morgan fingerprint density at radius 3 is 2.71 bits per heavy atom. The molecule has 2 saturated heterocycles. The van der Waals surface area contributed by atoms with Gasteiger partial charge < -0.3 is 19.7 Å². The molecule has 2 heterocycles. The summed E-state index contributed by atoms with van der Waals surface area (Å²) in [5.41, 5.74) is 0. The molecule has 21 heavy (non-hydrogen) atoms. The van der Waals surface area contributed by atoms with Crippen LogP contribution in [0.3, 0.4) is 0 Å². The topological polar surface area (TPSA) is 67.9 Å². The zero-order valence-corrected chi connectivity index (χ0v) is 12.8. The Morgan fingerprint density at radius 2 is 2.05 bits per heavy atom. The fraction of sp³-hybridized carbons (Fsp3) is 0.867. The molecule has 2 aliphatic rings. The van der Waals surface area contributed by atoms with Gasteiger partial charge in [-0.05, 0) is 39.0 Å². The number of hydrogen-bond acceptors (Lipinski definition) is 4. The van der Waals surface area contributed by atoms with E-state index in [-0.39, 0.29) is 24.5 Å². The minimum Gasteiger partial charge on any atom is -0.376 e. The standard InChI is InChI=1S/C15H26N2O4/c1-12(15(19)17-7-3-2-4-8-17)16-14(18)11-20-10-13-6-5-9-21-13/h12-13H,2-11H2,1H3,(H,16,18)/t12-,13?/m0/s1. The lowest BCUT2D eigenvalue weighted by Gasteiger charge is -2.29. The van der Waals surface area contributed by atoms with Crippen LogP contribution in [0.2, 0.25) is 0 Å². The van der Waals surface area contributed by atoms with Crippen LogP contribution in [0.25, 0.3) is 0 Å². The van der Waals surface area contributed by atoms with Gasteiger partial charge in [0.2, 0.25) is 11.8 Å². The van der Waals surface area contributed by atoms with Gasteiger partial charge in [0.15, 0.2) is 0 Å². The largest absolute Gasteiger partial charge is 0.376 e. The molecule has 2 atom stereocenters. The van der Waals surface area contributed by atoms with E-state index in [0.717, 1.165) is 45.4 Å². The molecule has 2 amide bonds. The monoisotopic (exact) mass is 298 g/mol. The number of carbonyl (C=O) groups excluding carboxylic acids is 2. The summed E-state index contributed by atoms with van der Waals surface area (Å²) in [4.78, 5) is 25.8. The molecule has 0 spiro atoms. The lowest BCUT2D eigenvalue weighted by molar-refractivity contribution is -0.138. The van der Waals surface area contributed by atoms with Gasteiger partial charge in [-0.1, -0.05) is 0 Å². The Bertz CT molecular complexity index is 350. The lowest BCUT2D eigenvalue weighted by Crippen LogP contribution is -2.49. The van der Waals surface area contributed by atoms with E-state index < -0.39 is 6.04 Å². The number of carbonyl (C=O) groups is 2. The molecule has 0 aromatic rings. The van der Waals surface area contributed by atoms with Crippen LogP contribution < -0.4 is 5.32 Å². The van der Waals surface area contributed by atoms with E-state index in [9.17, 15) is 9.59 Å². The number of ether oxygens (including phenoxy) is 2. The van der Waals surface area contributed by atoms with Crippen LogP contribution in [0.15, 0.2) is 0 Å². The molecule has 0 bridgehead atoms. The highest BCUT2D eigenvalue weighted by molar-refractivity contribution is 5.87. The lowest BCUT2D eigenvalue weighted by atomic mass is 10.1. The van der Waals surface area contributed by atoms with Gasteiger partial charge in [0.25, 0.3) is 0 Å². The van der Waals surface area contributed by atoms with Gasteiger partial charge in [-0.25, -0.2) is 0 Å². The molecule has 0 radical (unpaired) electrons. The number of nitrogens with zero attached hydrogens (tertiary/aromatic N) is 1. The minimum atomic E-state index is -0.484. The predicted molar refractivity (Wildman–Crippen MR) is 77.8 cm³/mol. The van der Waals surface area contributed by atoms with Crippen LogP contribution in [0.4, 0.5) is 0 Å². The number of hydrogen-bond donors (Lipinski definition) is 1. The van der Waals surface area contributed by atoms with Crippen molar-refractivity contribution in [3.8, 4) is 0 Å². The summed E-state index contributed by atoms with van der Waals surface area (Å²) in [6.07, 6.45) is 5.45. The van der Waals surface area contributed by atoms with Crippen molar-refractivity contribution in [1.82, 2.24) is 10.2 Å². The van der Waals surface area contributed by atoms with E-state index >= 15 is 0 Å². The SMILES string of the molecule is C[C@H](NC(=O)COCC1CCCO1)C(=O)N1CCCCC1. The molecule has 2 rings (SSSR count). The Morgan fingerprint density at radius 1 is 1.29 bits per heavy atom. The van der Waals surface area contributed by atoms with Crippen LogP contribution in [0.1, 0.15) is 39.0 Å². The van der Waals surface area contributed by atoms with Gasteiger partial charge in [-0.15, -0.1) is 0 Å². The summed E-state index contributed by atoms with van der Waals surface area (Å²) in [5, 5.41) is 2.71. The van der Waals surface area contributed by atoms with Gasteiger partial charge in [-0.3, -0.25) is 9.59 Å². The van der Waals surface area contributed by atoms with E-state index in [4.69, 9.17) is 9.47 Å². The third-order valence-electron chi connectivity index (χ3n) is 3.98. The summed E-state index contributed by atoms with van der Waals surface area (Å²) >= 11 is 0. The average Bonchev–Trinajstić information content (AvgIpc) is 3.00. The highest BCUT2D eigenvalue weighted by Gasteiger charge is 2.23. The van der Waals surface area contributed by atoms with Crippen molar-refractivity contribution in [3.63, 3.8) is 0 Å². The maximum atomic E-state index is 12.2. The molecule has 0 aromatic heterocycles. The van der Waals surface area contributed by atoms with Crippen LogP contribution in [-0.4, -0.2) is 61.8 Å². The predicted octanol–water partition coefficient (Wildman–Crippen LogP) is 0.699.